The average Bonchev–Trinajstić information content (AvgIpc) is 2.53. The fourth-order valence-corrected chi connectivity index (χ4v) is 2.84. The van der Waals surface area contributed by atoms with E-state index in [1.54, 1.807) is 12.1 Å². The van der Waals surface area contributed by atoms with Gasteiger partial charge in [0, 0.05) is 22.9 Å². The number of benzene rings is 2. The minimum Gasteiger partial charge on any atom is -0.350 e. The Balaban J connectivity index is 1.86. The van der Waals surface area contributed by atoms with Crippen LogP contribution in [0.2, 0.25) is 0 Å². The molecule has 1 amide bonds. The Labute approximate surface area is 138 Å². The lowest BCUT2D eigenvalue weighted by molar-refractivity contribution is -0.121. The zero-order chi connectivity index (χ0) is 15.9. The van der Waals surface area contributed by atoms with Crippen molar-refractivity contribution in [2.24, 2.45) is 0 Å². The number of hydrogen-bond acceptors (Lipinski definition) is 2. The van der Waals surface area contributed by atoms with Crippen molar-refractivity contribution in [2.45, 2.75) is 25.8 Å². The number of carbonyl (C=O) groups is 2. The first-order valence-electron chi connectivity index (χ1n) is 7.20. The van der Waals surface area contributed by atoms with Crippen molar-refractivity contribution in [2.75, 3.05) is 0 Å². The van der Waals surface area contributed by atoms with Crippen LogP contribution in [0.25, 0.3) is 0 Å². The van der Waals surface area contributed by atoms with Gasteiger partial charge in [-0.05, 0) is 18.6 Å². The summed E-state index contributed by atoms with van der Waals surface area (Å²) >= 11 is 3.47. The van der Waals surface area contributed by atoms with Crippen LogP contribution in [0.4, 0.5) is 0 Å². The summed E-state index contributed by atoms with van der Waals surface area (Å²) in [5.41, 5.74) is 1.67. The summed E-state index contributed by atoms with van der Waals surface area (Å²) in [5.74, 6) is -0.128. The summed E-state index contributed by atoms with van der Waals surface area (Å²) in [6.07, 6.45) is 0.418. The maximum absolute atomic E-state index is 12.0. The Morgan fingerprint density at radius 3 is 2.32 bits per heavy atom. The van der Waals surface area contributed by atoms with Crippen LogP contribution in [-0.2, 0) is 4.79 Å². The highest BCUT2D eigenvalue weighted by Gasteiger charge is 2.13. The number of ketones is 1. The molecule has 0 radical (unpaired) electrons. The highest BCUT2D eigenvalue weighted by Crippen LogP contribution is 2.22. The fraction of sp³-hybridized carbons (Fsp3) is 0.222. The molecule has 0 spiro atoms. The van der Waals surface area contributed by atoms with Crippen LogP contribution in [0.1, 0.15) is 41.7 Å². The first-order valence-corrected chi connectivity index (χ1v) is 7.99. The number of Topliss-reactive ketones (excluding diaryl/α,β-unsaturated/α-hetero) is 1. The van der Waals surface area contributed by atoms with E-state index in [1.165, 1.54) is 0 Å². The van der Waals surface area contributed by atoms with Gasteiger partial charge in [-0.3, -0.25) is 9.59 Å². The van der Waals surface area contributed by atoms with E-state index in [0.717, 1.165) is 10.0 Å². The van der Waals surface area contributed by atoms with Crippen LogP contribution in [0.15, 0.2) is 59.1 Å². The third kappa shape index (κ3) is 4.53. The molecule has 0 aliphatic rings. The van der Waals surface area contributed by atoms with Gasteiger partial charge in [0.2, 0.25) is 5.91 Å². The van der Waals surface area contributed by atoms with Crippen molar-refractivity contribution < 1.29 is 9.59 Å². The molecule has 3 nitrogen and oxygen atoms in total. The molecule has 0 aromatic heterocycles. The Kier molecular flexibility index (Phi) is 5.90. The van der Waals surface area contributed by atoms with Crippen molar-refractivity contribution in [3.05, 3.63) is 70.2 Å². The van der Waals surface area contributed by atoms with Gasteiger partial charge in [0.1, 0.15) is 0 Å². The summed E-state index contributed by atoms with van der Waals surface area (Å²) in [5, 5.41) is 2.92. The molecule has 2 rings (SSSR count). The highest BCUT2D eigenvalue weighted by atomic mass is 79.9. The molecule has 0 bridgehead atoms. The maximum atomic E-state index is 12.0. The Bertz CT molecular complexity index is 655. The van der Waals surface area contributed by atoms with E-state index in [2.05, 4.69) is 21.2 Å². The topological polar surface area (TPSA) is 46.2 Å². The second kappa shape index (κ2) is 7.90. The molecule has 0 saturated carbocycles. The van der Waals surface area contributed by atoms with Crippen molar-refractivity contribution in [1.29, 1.82) is 0 Å². The Hall–Kier alpha value is -1.94. The van der Waals surface area contributed by atoms with E-state index in [1.807, 2.05) is 49.4 Å². The molecular weight excluding hydrogens is 342 g/mol. The molecule has 22 heavy (non-hydrogen) atoms. The lowest BCUT2D eigenvalue weighted by Gasteiger charge is -2.15. The van der Waals surface area contributed by atoms with Gasteiger partial charge in [0.15, 0.2) is 5.78 Å². The largest absolute Gasteiger partial charge is 0.350 e. The third-order valence-corrected chi connectivity index (χ3v) is 4.15. The van der Waals surface area contributed by atoms with Crippen molar-refractivity contribution in [3.8, 4) is 0 Å². The molecule has 2 aromatic rings. The molecule has 0 aliphatic heterocycles. The second-order valence-electron chi connectivity index (χ2n) is 5.10. The molecule has 2 aromatic carbocycles. The lowest BCUT2D eigenvalue weighted by atomic mass is 10.1. The normalized spacial score (nSPS) is 11.7. The van der Waals surface area contributed by atoms with Crippen LogP contribution in [0, 0.1) is 0 Å². The van der Waals surface area contributed by atoms with Crippen LogP contribution >= 0.6 is 15.9 Å². The van der Waals surface area contributed by atoms with Gasteiger partial charge in [-0.2, -0.15) is 0 Å². The van der Waals surface area contributed by atoms with Gasteiger partial charge in [0.25, 0.3) is 0 Å². The van der Waals surface area contributed by atoms with E-state index in [4.69, 9.17) is 0 Å². The Morgan fingerprint density at radius 1 is 1.00 bits per heavy atom. The molecule has 1 atom stereocenters. The van der Waals surface area contributed by atoms with Crippen molar-refractivity contribution in [3.63, 3.8) is 0 Å². The first-order chi connectivity index (χ1) is 10.6. The molecule has 0 aliphatic carbocycles. The molecule has 114 valence electrons. The van der Waals surface area contributed by atoms with Crippen LogP contribution in [0.5, 0.6) is 0 Å². The minimum atomic E-state index is -0.118. The summed E-state index contributed by atoms with van der Waals surface area (Å²) in [4.78, 5) is 24.0. The van der Waals surface area contributed by atoms with Gasteiger partial charge in [-0.1, -0.05) is 64.5 Å². The second-order valence-corrected chi connectivity index (χ2v) is 5.95. The number of amides is 1. The van der Waals surface area contributed by atoms with E-state index in [0.29, 0.717) is 5.56 Å². The van der Waals surface area contributed by atoms with E-state index < -0.39 is 0 Å². The number of nitrogens with one attached hydrogen (secondary N) is 1. The van der Waals surface area contributed by atoms with Gasteiger partial charge in [-0.15, -0.1) is 0 Å². The van der Waals surface area contributed by atoms with E-state index in [-0.39, 0.29) is 30.6 Å². The van der Waals surface area contributed by atoms with Crippen LogP contribution in [0.3, 0.4) is 0 Å². The summed E-state index contributed by atoms with van der Waals surface area (Å²) in [6.45, 7) is 1.93. The van der Waals surface area contributed by atoms with Gasteiger partial charge in [0.05, 0.1) is 6.04 Å². The lowest BCUT2D eigenvalue weighted by Crippen LogP contribution is -2.27. The number of hydrogen-bond donors (Lipinski definition) is 1. The van der Waals surface area contributed by atoms with Crippen molar-refractivity contribution in [1.82, 2.24) is 5.32 Å². The van der Waals surface area contributed by atoms with Gasteiger partial charge in [-0.25, -0.2) is 0 Å². The molecule has 0 saturated heterocycles. The fourth-order valence-electron chi connectivity index (χ4n) is 2.21. The first kappa shape index (κ1) is 16.4. The highest BCUT2D eigenvalue weighted by molar-refractivity contribution is 9.10. The van der Waals surface area contributed by atoms with Crippen molar-refractivity contribution >= 4 is 27.6 Å². The van der Waals surface area contributed by atoms with Gasteiger partial charge < -0.3 is 5.32 Å². The molecular formula is C18H18BrNO2. The zero-order valence-corrected chi connectivity index (χ0v) is 14.0. The predicted molar refractivity (Wildman–Crippen MR) is 90.7 cm³/mol. The third-order valence-electron chi connectivity index (χ3n) is 3.42. The van der Waals surface area contributed by atoms with E-state index >= 15 is 0 Å². The zero-order valence-electron chi connectivity index (χ0n) is 12.4. The molecule has 4 heteroatoms. The SMILES string of the molecule is CC(NC(=O)CCC(=O)c1ccccc1)c1ccccc1Br. The van der Waals surface area contributed by atoms with Crippen LogP contribution < -0.4 is 5.32 Å². The van der Waals surface area contributed by atoms with Crippen LogP contribution in [-0.4, -0.2) is 11.7 Å². The maximum Gasteiger partial charge on any atom is 0.220 e. The summed E-state index contributed by atoms with van der Waals surface area (Å²) in [7, 11) is 0. The number of carbonyl (C=O) groups excluding carboxylic acids is 2. The van der Waals surface area contributed by atoms with Gasteiger partial charge >= 0.3 is 0 Å². The Morgan fingerprint density at radius 2 is 1.64 bits per heavy atom. The summed E-state index contributed by atoms with van der Waals surface area (Å²) in [6, 6.07) is 16.7. The number of halogens is 1. The predicted octanol–water partition coefficient (Wildman–Crippen LogP) is 4.29. The smallest absolute Gasteiger partial charge is 0.220 e. The summed E-state index contributed by atoms with van der Waals surface area (Å²) < 4.78 is 0.961. The van der Waals surface area contributed by atoms with E-state index in [9.17, 15) is 9.59 Å². The molecule has 0 fully saturated rings. The minimum absolute atomic E-state index is 0.00991. The molecule has 0 heterocycles. The standard InChI is InChI=1S/C18H18BrNO2/c1-13(15-9-5-6-10-16(15)19)20-18(22)12-11-17(21)14-7-3-2-4-8-14/h2-10,13H,11-12H2,1H3,(H,20,22). The molecule has 1 N–H and O–H groups in total. The number of rotatable bonds is 6. The monoisotopic (exact) mass is 359 g/mol. The molecule has 1 unspecified atom stereocenters. The average molecular weight is 360 g/mol. The quantitative estimate of drug-likeness (QED) is 0.782.